The molecule has 1 fully saturated rings. The van der Waals surface area contributed by atoms with E-state index in [9.17, 15) is 12.8 Å². The van der Waals surface area contributed by atoms with Gasteiger partial charge in [0.1, 0.15) is 5.82 Å². The molecule has 1 aromatic rings. The van der Waals surface area contributed by atoms with Crippen molar-refractivity contribution >= 4 is 26.0 Å². The molecule has 1 saturated heterocycles. The van der Waals surface area contributed by atoms with Crippen LogP contribution in [0.2, 0.25) is 0 Å². The van der Waals surface area contributed by atoms with Gasteiger partial charge >= 0.3 is 0 Å². The number of nitrogens with zero attached hydrogens (tertiary/aromatic N) is 1. The van der Waals surface area contributed by atoms with Gasteiger partial charge in [0, 0.05) is 19.1 Å². The first kappa shape index (κ1) is 14.9. The van der Waals surface area contributed by atoms with Gasteiger partial charge in [-0.3, -0.25) is 0 Å². The van der Waals surface area contributed by atoms with Crippen LogP contribution in [0, 0.1) is 5.82 Å². The zero-order chi connectivity index (χ0) is 14.0. The third kappa shape index (κ3) is 2.99. The van der Waals surface area contributed by atoms with Crippen molar-refractivity contribution in [3.8, 4) is 0 Å². The van der Waals surface area contributed by atoms with Crippen LogP contribution in [-0.2, 0) is 10.0 Å². The molecule has 106 valence electrons. The fourth-order valence-corrected chi connectivity index (χ4v) is 4.20. The van der Waals surface area contributed by atoms with Gasteiger partial charge in [0.2, 0.25) is 10.0 Å². The molecular formula is C12H16BrFN2O2S. The van der Waals surface area contributed by atoms with E-state index < -0.39 is 15.8 Å². The van der Waals surface area contributed by atoms with Crippen molar-refractivity contribution in [3.05, 3.63) is 28.5 Å². The molecule has 0 aliphatic carbocycles. The predicted octanol–water partition coefficient (Wildman–Crippen LogP) is 1.96. The zero-order valence-electron chi connectivity index (χ0n) is 10.6. The van der Waals surface area contributed by atoms with E-state index in [1.54, 1.807) is 6.92 Å². The van der Waals surface area contributed by atoms with Gasteiger partial charge in [0.05, 0.1) is 9.37 Å². The molecule has 1 aliphatic rings. The van der Waals surface area contributed by atoms with Gasteiger partial charge in [-0.1, -0.05) is 6.92 Å². The standard InChI is InChI=1S/C12H16BrFN2O2S/c1-2-16(9-5-6-15-8-9)19(17,18)10-3-4-11(13)12(14)7-10/h3-4,7,9,15H,2,5-6,8H2,1H3. The maximum atomic E-state index is 13.5. The highest BCUT2D eigenvalue weighted by molar-refractivity contribution is 9.10. The van der Waals surface area contributed by atoms with Gasteiger partial charge in [-0.2, -0.15) is 4.31 Å². The lowest BCUT2D eigenvalue weighted by molar-refractivity contribution is 0.348. The largest absolute Gasteiger partial charge is 0.315 e. The first-order chi connectivity index (χ1) is 8.96. The number of hydrogen-bond acceptors (Lipinski definition) is 3. The molecule has 0 bridgehead atoms. The van der Waals surface area contributed by atoms with Crippen molar-refractivity contribution in [1.82, 2.24) is 9.62 Å². The summed E-state index contributed by atoms with van der Waals surface area (Å²) in [7, 11) is -3.64. The van der Waals surface area contributed by atoms with Gasteiger partial charge < -0.3 is 5.32 Å². The van der Waals surface area contributed by atoms with Gasteiger partial charge in [0.15, 0.2) is 0 Å². The highest BCUT2D eigenvalue weighted by Crippen LogP contribution is 2.24. The Morgan fingerprint density at radius 1 is 1.53 bits per heavy atom. The number of rotatable bonds is 4. The number of sulfonamides is 1. The highest BCUT2D eigenvalue weighted by atomic mass is 79.9. The Morgan fingerprint density at radius 2 is 2.26 bits per heavy atom. The average molecular weight is 351 g/mol. The Kier molecular flexibility index (Phi) is 4.60. The monoisotopic (exact) mass is 350 g/mol. The third-order valence-corrected chi connectivity index (χ3v) is 5.92. The summed E-state index contributed by atoms with van der Waals surface area (Å²) >= 11 is 3.02. The number of benzene rings is 1. The van der Waals surface area contributed by atoms with Crippen LogP contribution in [0.4, 0.5) is 4.39 Å². The molecule has 0 amide bonds. The fourth-order valence-electron chi connectivity index (χ4n) is 2.28. The Labute approximate surface area is 121 Å². The van der Waals surface area contributed by atoms with E-state index in [1.165, 1.54) is 16.4 Å². The van der Waals surface area contributed by atoms with Crippen molar-refractivity contribution in [2.45, 2.75) is 24.3 Å². The summed E-state index contributed by atoms with van der Waals surface area (Å²) in [6.07, 6.45) is 0.784. The first-order valence-electron chi connectivity index (χ1n) is 6.14. The Balaban J connectivity index is 2.36. The number of halogens is 2. The van der Waals surface area contributed by atoms with Crippen LogP contribution in [0.15, 0.2) is 27.6 Å². The predicted molar refractivity (Wildman–Crippen MR) is 74.9 cm³/mol. The smallest absolute Gasteiger partial charge is 0.243 e. The minimum Gasteiger partial charge on any atom is -0.315 e. The van der Waals surface area contributed by atoms with Gasteiger partial charge in [-0.05, 0) is 47.1 Å². The van der Waals surface area contributed by atoms with E-state index in [-0.39, 0.29) is 15.4 Å². The second-order valence-corrected chi connectivity index (χ2v) is 7.18. The van der Waals surface area contributed by atoms with E-state index in [0.29, 0.717) is 13.1 Å². The summed E-state index contributed by atoms with van der Waals surface area (Å²) in [5, 5.41) is 3.14. The Morgan fingerprint density at radius 3 is 2.79 bits per heavy atom. The van der Waals surface area contributed by atoms with Gasteiger partial charge in [-0.15, -0.1) is 0 Å². The molecule has 1 N–H and O–H groups in total. The molecule has 1 aliphatic heterocycles. The van der Waals surface area contributed by atoms with Crippen LogP contribution >= 0.6 is 15.9 Å². The quantitative estimate of drug-likeness (QED) is 0.902. The lowest BCUT2D eigenvalue weighted by Gasteiger charge is -2.26. The second kappa shape index (κ2) is 5.87. The molecule has 2 rings (SSSR count). The summed E-state index contributed by atoms with van der Waals surface area (Å²) in [5.41, 5.74) is 0. The molecule has 4 nitrogen and oxygen atoms in total. The molecule has 7 heteroatoms. The van der Waals surface area contributed by atoms with E-state index in [1.807, 2.05) is 0 Å². The Bertz CT molecular complexity index is 559. The topological polar surface area (TPSA) is 49.4 Å². The fraction of sp³-hybridized carbons (Fsp3) is 0.500. The molecule has 1 unspecified atom stereocenters. The first-order valence-corrected chi connectivity index (χ1v) is 8.37. The second-order valence-electron chi connectivity index (χ2n) is 4.43. The minimum atomic E-state index is -3.64. The number of hydrogen-bond donors (Lipinski definition) is 1. The van der Waals surface area contributed by atoms with E-state index in [4.69, 9.17) is 0 Å². The molecule has 19 heavy (non-hydrogen) atoms. The number of nitrogens with one attached hydrogen (secondary N) is 1. The van der Waals surface area contributed by atoms with Crippen LogP contribution < -0.4 is 5.32 Å². The van der Waals surface area contributed by atoms with E-state index in [2.05, 4.69) is 21.2 Å². The molecular weight excluding hydrogens is 335 g/mol. The SMILES string of the molecule is CCN(C1CCNC1)S(=O)(=O)c1ccc(Br)c(F)c1. The van der Waals surface area contributed by atoms with Crippen molar-refractivity contribution in [3.63, 3.8) is 0 Å². The molecule has 1 atom stereocenters. The summed E-state index contributed by atoms with van der Waals surface area (Å²) in [6, 6.07) is 3.85. The zero-order valence-corrected chi connectivity index (χ0v) is 13.0. The van der Waals surface area contributed by atoms with E-state index in [0.717, 1.165) is 19.0 Å². The van der Waals surface area contributed by atoms with E-state index >= 15 is 0 Å². The minimum absolute atomic E-state index is 0.00181. The molecule has 0 saturated carbocycles. The van der Waals surface area contributed by atoms with Gasteiger partial charge in [0.25, 0.3) is 0 Å². The van der Waals surface area contributed by atoms with Gasteiger partial charge in [-0.25, -0.2) is 12.8 Å². The van der Waals surface area contributed by atoms with Crippen molar-refractivity contribution in [2.24, 2.45) is 0 Å². The molecule has 0 spiro atoms. The number of likely N-dealkylation sites (N-methyl/N-ethyl adjacent to an activating group) is 1. The summed E-state index contributed by atoms with van der Waals surface area (Å²) < 4.78 is 40.3. The molecule has 0 aromatic heterocycles. The lowest BCUT2D eigenvalue weighted by Crippen LogP contribution is -2.41. The summed E-state index contributed by atoms with van der Waals surface area (Å²) in [5.74, 6) is -0.568. The van der Waals surface area contributed by atoms with Crippen LogP contribution in [0.25, 0.3) is 0 Å². The lowest BCUT2D eigenvalue weighted by atomic mass is 10.3. The van der Waals surface area contributed by atoms with Crippen molar-refractivity contribution in [1.29, 1.82) is 0 Å². The van der Waals surface area contributed by atoms with Crippen LogP contribution in [0.1, 0.15) is 13.3 Å². The Hall–Kier alpha value is -0.500. The van der Waals surface area contributed by atoms with Crippen LogP contribution in [-0.4, -0.2) is 38.4 Å². The molecule has 0 radical (unpaired) electrons. The maximum Gasteiger partial charge on any atom is 0.243 e. The van der Waals surface area contributed by atoms with Crippen LogP contribution in [0.5, 0.6) is 0 Å². The highest BCUT2D eigenvalue weighted by Gasteiger charge is 2.32. The van der Waals surface area contributed by atoms with Crippen molar-refractivity contribution < 1.29 is 12.8 Å². The molecule has 1 heterocycles. The normalized spacial score (nSPS) is 20.1. The summed E-state index contributed by atoms with van der Waals surface area (Å²) in [6.45, 7) is 3.63. The maximum absolute atomic E-state index is 13.5. The summed E-state index contributed by atoms with van der Waals surface area (Å²) in [4.78, 5) is 0.00181. The third-order valence-electron chi connectivity index (χ3n) is 3.25. The van der Waals surface area contributed by atoms with Crippen LogP contribution in [0.3, 0.4) is 0 Å². The molecule has 1 aromatic carbocycles. The average Bonchev–Trinajstić information content (AvgIpc) is 2.86. The van der Waals surface area contributed by atoms with Crippen molar-refractivity contribution in [2.75, 3.05) is 19.6 Å².